The summed E-state index contributed by atoms with van der Waals surface area (Å²) in [5.74, 6) is -0.161. The molecule has 1 aromatic heterocycles. The van der Waals surface area contributed by atoms with E-state index in [4.69, 9.17) is 0 Å². The summed E-state index contributed by atoms with van der Waals surface area (Å²) in [6.45, 7) is 3.85. The van der Waals surface area contributed by atoms with E-state index in [2.05, 4.69) is 34.3 Å². The highest BCUT2D eigenvalue weighted by Gasteiger charge is 2.32. The lowest BCUT2D eigenvalue weighted by Crippen LogP contribution is -2.42. The Morgan fingerprint density at radius 3 is 2.67 bits per heavy atom. The molecule has 2 aliphatic heterocycles. The molecule has 0 saturated carbocycles. The van der Waals surface area contributed by atoms with Crippen LogP contribution in [-0.2, 0) is 24.3 Å². The molecular weight excluding hydrogens is 379 g/mol. The SMILES string of the molecule is O=C(Cn1cc(-c2ccc(F)cc2)cn1)N1CCC(N2CCc3ccccc3C2)C1. The van der Waals surface area contributed by atoms with Crippen LogP contribution in [0.25, 0.3) is 11.1 Å². The fraction of sp³-hybridized carbons (Fsp3) is 0.333. The van der Waals surface area contributed by atoms with Crippen LogP contribution < -0.4 is 0 Å². The summed E-state index contributed by atoms with van der Waals surface area (Å²) in [5, 5.41) is 4.33. The van der Waals surface area contributed by atoms with Gasteiger partial charge in [-0.1, -0.05) is 36.4 Å². The highest BCUT2D eigenvalue weighted by atomic mass is 19.1. The molecule has 0 N–H and O–H groups in total. The molecular formula is C24H25FN4O. The van der Waals surface area contributed by atoms with Gasteiger partial charge in [0.2, 0.25) is 5.91 Å². The molecule has 1 fully saturated rings. The van der Waals surface area contributed by atoms with Crippen LogP contribution in [0.1, 0.15) is 17.5 Å². The maximum Gasteiger partial charge on any atom is 0.244 e. The van der Waals surface area contributed by atoms with E-state index in [1.54, 1.807) is 23.0 Å². The maximum atomic E-state index is 13.1. The lowest BCUT2D eigenvalue weighted by atomic mass is 9.98. The normalized spacial score (nSPS) is 19.1. The fourth-order valence-electron chi connectivity index (χ4n) is 4.58. The summed E-state index contributed by atoms with van der Waals surface area (Å²) in [4.78, 5) is 17.3. The van der Waals surface area contributed by atoms with Gasteiger partial charge in [-0.2, -0.15) is 5.10 Å². The third kappa shape index (κ3) is 3.87. The lowest BCUT2D eigenvalue weighted by Gasteiger charge is -2.33. The number of amides is 1. The van der Waals surface area contributed by atoms with Crippen molar-refractivity contribution in [2.45, 2.75) is 32.0 Å². The van der Waals surface area contributed by atoms with Gasteiger partial charge in [0.15, 0.2) is 0 Å². The fourth-order valence-corrected chi connectivity index (χ4v) is 4.58. The number of nitrogens with zero attached hydrogens (tertiary/aromatic N) is 4. The van der Waals surface area contributed by atoms with E-state index in [-0.39, 0.29) is 18.3 Å². The van der Waals surface area contributed by atoms with Crippen molar-refractivity contribution < 1.29 is 9.18 Å². The molecule has 5 rings (SSSR count). The van der Waals surface area contributed by atoms with Crippen molar-refractivity contribution in [3.8, 4) is 11.1 Å². The minimum atomic E-state index is -0.262. The third-order valence-corrected chi connectivity index (χ3v) is 6.30. The number of likely N-dealkylation sites (tertiary alicyclic amines) is 1. The highest BCUT2D eigenvalue weighted by molar-refractivity contribution is 5.76. The van der Waals surface area contributed by atoms with Crippen molar-refractivity contribution in [2.24, 2.45) is 0 Å². The molecule has 1 unspecified atom stereocenters. The van der Waals surface area contributed by atoms with Gasteiger partial charge in [0.25, 0.3) is 0 Å². The number of rotatable bonds is 4. The number of carbonyl (C=O) groups is 1. The Morgan fingerprint density at radius 1 is 1.03 bits per heavy atom. The average Bonchev–Trinajstić information content (AvgIpc) is 3.44. The van der Waals surface area contributed by atoms with Crippen LogP contribution in [0, 0.1) is 5.82 Å². The number of halogens is 1. The Kier molecular flexibility index (Phi) is 5.09. The Hall–Kier alpha value is -2.99. The van der Waals surface area contributed by atoms with Crippen LogP contribution in [0.5, 0.6) is 0 Å². The van der Waals surface area contributed by atoms with E-state index in [9.17, 15) is 9.18 Å². The van der Waals surface area contributed by atoms with Gasteiger partial charge in [-0.3, -0.25) is 14.4 Å². The molecule has 154 valence electrons. The Bertz CT molecular complexity index is 1050. The van der Waals surface area contributed by atoms with Crippen LogP contribution in [0.15, 0.2) is 60.9 Å². The number of benzene rings is 2. The van der Waals surface area contributed by atoms with Gasteiger partial charge in [-0.25, -0.2) is 4.39 Å². The highest BCUT2D eigenvalue weighted by Crippen LogP contribution is 2.25. The number of aromatic nitrogens is 2. The summed E-state index contributed by atoms with van der Waals surface area (Å²) in [5.41, 5.74) is 4.64. The van der Waals surface area contributed by atoms with E-state index in [0.717, 1.165) is 50.1 Å². The first kappa shape index (κ1) is 19.0. The van der Waals surface area contributed by atoms with Crippen molar-refractivity contribution in [2.75, 3.05) is 19.6 Å². The number of fused-ring (bicyclic) bond motifs is 1. The van der Waals surface area contributed by atoms with E-state index in [1.807, 2.05) is 11.1 Å². The van der Waals surface area contributed by atoms with Crippen LogP contribution in [0.2, 0.25) is 0 Å². The zero-order valence-corrected chi connectivity index (χ0v) is 16.9. The van der Waals surface area contributed by atoms with Gasteiger partial charge >= 0.3 is 0 Å². The Labute approximate surface area is 175 Å². The molecule has 1 amide bonds. The first-order valence-electron chi connectivity index (χ1n) is 10.5. The number of hydrogen-bond acceptors (Lipinski definition) is 3. The molecule has 0 radical (unpaired) electrons. The second-order valence-electron chi connectivity index (χ2n) is 8.20. The van der Waals surface area contributed by atoms with Crippen molar-refractivity contribution in [1.82, 2.24) is 19.6 Å². The van der Waals surface area contributed by atoms with Gasteiger partial charge < -0.3 is 4.90 Å². The molecule has 1 saturated heterocycles. The molecule has 0 bridgehead atoms. The molecule has 2 aliphatic rings. The number of hydrogen-bond donors (Lipinski definition) is 0. The van der Waals surface area contributed by atoms with Crippen LogP contribution in [0.4, 0.5) is 4.39 Å². The quantitative estimate of drug-likeness (QED) is 0.670. The summed E-state index contributed by atoms with van der Waals surface area (Å²) in [7, 11) is 0. The molecule has 0 spiro atoms. The second-order valence-corrected chi connectivity index (χ2v) is 8.20. The molecule has 30 heavy (non-hydrogen) atoms. The third-order valence-electron chi connectivity index (χ3n) is 6.30. The molecule has 2 aromatic carbocycles. The minimum Gasteiger partial charge on any atom is -0.339 e. The van der Waals surface area contributed by atoms with Crippen molar-refractivity contribution in [3.63, 3.8) is 0 Å². The second kappa shape index (κ2) is 8.03. The largest absolute Gasteiger partial charge is 0.339 e. The molecule has 1 atom stereocenters. The first-order chi connectivity index (χ1) is 14.7. The lowest BCUT2D eigenvalue weighted by molar-refractivity contribution is -0.131. The van der Waals surface area contributed by atoms with E-state index >= 15 is 0 Å². The predicted octanol–water partition coefficient (Wildman–Crippen LogP) is 3.35. The molecule has 0 aliphatic carbocycles. The van der Waals surface area contributed by atoms with Gasteiger partial charge in [-0.15, -0.1) is 0 Å². The molecule has 5 nitrogen and oxygen atoms in total. The van der Waals surface area contributed by atoms with Crippen molar-refractivity contribution >= 4 is 5.91 Å². The zero-order valence-electron chi connectivity index (χ0n) is 16.9. The van der Waals surface area contributed by atoms with Crippen LogP contribution in [0.3, 0.4) is 0 Å². The average molecular weight is 404 g/mol. The Balaban J connectivity index is 1.19. The topological polar surface area (TPSA) is 41.4 Å². The Morgan fingerprint density at radius 2 is 1.83 bits per heavy atom. The first-order valence-corrected chi connectivity index (χ1v) is 10.5. The number of carbonyl (C=O) groups excluding carboxylic acids is 1. The summed E-state index contributed by atoms with van der Waals surface area (Å²) in [6, 6.07) is 15.4. The van der Waals surface area contributed by atoms with Gasteiger partial charge in [0, 0.05) is 44.0 Å². The smallest absolute Gasteiger partial charge is 0.244 e. The monoisotopic (exact) mass is 404 g/mol. The molecule has 6 heteroatoms. The van der Waals surface area contributed by atoms with Gasteiger partial charge in [0.1, 0.15) is 12.4 Å². The standard InChI is InChI=1S/C24H25FN4O/c25-22-7-5-19(6-8-22)21-13-26-29(15-21)17-24(30)28-12-10-23(16-28)27-11-9-18-3-1-2-4-20(18)14-27/h1-8,13,15,23H,9-12,14,16-17H2. The summed E-state index contributed by atoms with van der Waals surface area (Å²) in [6.07, 6.45) is 5.67. The van der Waals surface area contributed by atoms with Crippen molar-refractivity contribution in [1.29, 1.82) is 0 Å². The van der Waals surface area contributed by atoms with Crippen molar-refractivity contribution in [3.05, 3.63) is 77.9 Å². The summed E-state index contributed by atoms with van der Waals surface area (Å²) < 4.78 is 14.8. The summed E-state index contributed by atoms with van der Waals surface area (Å²) >= 11 is 0. The van der Waals surface area contributed by atoms with E-state index in [0.29, 0.717) is 6.04 Å². The maximum absolute atomic E-state index is 13.1. The van der Waals surface area contributed by atoms with E-state index in [1.165, 1.54) is 23.3 Å². The minimum absolute atomic E-state index is 0.101. The van der Waals surface area contributed by atoms with E-state index < -0.39 is 0 Å². The van der Waals surface area contributed by atoms with Crippen LogP contribution in [-0.4, -0.2) is 51.2 Å². The van der Waals surface area contributed by atoms with Gasteiger partial charge in [-0.05, 0) is 41.7 Å². The zero-order chi connectivity index (χ0) is 20.5. The van der Waals surface area contributed by atoms with Crippen LogP contribution >= 0.6 is 0 Å². The van der Waals surface area contributed by atoms with Gasteiger partial charge in [0.05, 0.1) is 6.20 Å². The molecule has 3 heterocycles. The predicted molar refractivity (Wildman–Crippen MR) is 113 cm³/mol. The molecule has 3 aromatic rings.